The van der Waals surface area contributed by atoms with Crippen LogP contribution >= 0.6 is 0 Å². The molecule has 0 bridgehead atoms. The molecular weight excluding hydrogens is 309 g/mol. The van der Waals surface area contributed by atoms with Gasteiger partial charge in [0.05, 0.1) is 17.2 Å². The van der Waals surface area contributed by atoms with Gasteiger partial charge >= 0.3 is 0 Å². The van der Waals surface area contributed by atoms with E-state index in [4.69, 9.17) is 0 Å². The predicted molar refractivity (Wildman–Crippen MR) is 88.0 cm³/mol. The number of rotatable bonds is 5. The lowest BCUT2D eigenvalue weighted by Crippen LogP contribution is -2.44. The molecule has 0 unspecified atom stereocenters. The minimum absolute atomic E-state index is 0.00723. The first-order valence-electron chi connectivity index (χ1n) is 8.50. The Morgan fingerprint density at radius 1 is 1.38 bits per heavy atom. The summed E-state index contributed by atoms with van der Waals surface area (Å²) >= 11 is 0. The standard InChI is InChI=1S/C18H20FN3O2/c1-11(12-2-3-12)22(14-5-6-14)17(23)9-21-10-20-16-8-13(19)4-7-15(16)18(21)24/h4,7-8,10-12,14H,2-3,5-6,9H2,1H3/t11-/m1/s1. The maximum absolute atomic E-state index is 13.2. The lowest BCUT2D eigenvalue weighted by Gasteiger charge is -2.29. The molecule has 1 aromatic carbocycles. The lowest BCUT2D eigenvalue weighted by atomic mass is 10.1. The van der Waals surface area contributed by atoms with Crippen LogP contribution in [-0.4, -0.2) is 32.4 Å². The van der Waals surface area contributed by atoms with Gasteiger partial charge in [-0.1, -0.05) is 0 Å². The van der Waals surface area contributed by atoms with Crippen LogP contribution in [0.2, 0.25) is 0 Å². The van der Waals surface area contributed by atoms with Crippen LogP contribution in [0.25, 0.3) is 10.9 Å². The molecule has 2 fully saturated rings. The zero-order chi connectivity index (χ0) is 16.8. The second-order valence-corrected chi connectivity index (χ2v) is 6.95. The lowest BCUT2D eigenvalue weighted by molar-refractivity contribution is -0.135. The topological polar surface area (TPSA) is 55.2 Å². The fraction of sp³-hybridized carbons (Fsp3) is 0.500. The third-order valence-electron chi connectivity index (χ3n) is 5.06. The number of fused-ring (bicyclic) bond motifs is 1. The van der Waals surface area contributed by atoms with E-state index in [-0.39, 0.29) is 24.1 Å². The number of nitrogens with zero attached hydrogens (tertiary/aromatic N) is 3. The van der Waals surface area contributed by atoms with Crippen LogP contribution in [0.15, 0.2) is 29.3 Å². The second kappa shape index (κ2) is 5.69. The molecule has 2 aliphatic carbocycles. The molecule has 0 spiro atoms. The first-order valence-corrected chi connectivity index (χ1v) is 8.50. The van der Waals surface area contributed by atoms with E-state index in [9.17, 15) is 14.0 Å². The summed E-state index contributed by atoms with van der Waals surface area (Å²) in [7, 11) is 0. The van der Waals surface area contributed by atoms with Gasteiger partial charge in [0.1, 0.15) is 12.4 Å². The minimum atomic E-state index is -0.429. The van der Waals surface area contributed by atoms with E-state index in [0.717, 1.165) is 12.8 Å². The molecule has 0 saturated heterocycles. The Morgan fingerprint density at radius 2 is 2.12 bits per heavy atom. The van der Waals surface area contributed by atoms with Crippen molar-refractivity contribution in [2.75, 3.05) is 0 Å². The highest BCUT2D eigenvalue weighted by Gasteiger charge is 2.41. The SMILES string of the molecule is C[C@H](C1CC1)N(C(=O)Cn1cnc2cc(F)ccc2c1=O)C1CC1. The maximum atomic E-state index is 13.2. The molecule has 1 aromatic heterocycles. The summed E-state index contributed by atoms with van der Waals surface area (Å²) in [5, 5.41) is 0.333. The van der Waals surface area contributed by atoms with E-state index in [1.807, 2.05) is 4.90 Å². The van der Waals surface area contributed by atoms with Crippen LogP contribution < -0.4 is 5.56 Å². The Kier molecular flexibility index (Phi) is 3.62. The number of halogens is 1. The van der Waals surface area contributed by atoms with Crippen LogP contribution in [0.3, 0.4) is 0 Å². The number of carbonyl (C=O) groups excluding carboxylic acids is 1. The molecule has 0 radical (unpaired) electrons. The number of hydrogen-bond donors (Lipinski definition) is 0. The Balaban J connectivity index is 1.60. The highest BCUT2D eigenvalue weighted by molar-refractivity contribution is 5.79. The first kappa shape index (κ1) is 15.3. The predicted octanol–water partition coefficient (Wildman–Crippen LogP) is 2.33. The molecule has 6 heteroatoms. The fourth-order valence-electron chi connectivity index (χ4n) is 3.39. The van der Waals surface area contributed by atoms with E-state index in [2.05, 4.69) is 11.9 Å². The average molecular weight is 329 g/mol. The summed E-state index contributed by atoms with van der Waals surface area (Å²) < 4.78 is 14.6. The second-order valence-electron chi connectivity index (χ2n) is 6.95. The summed E-state index contributed by atoms with van der Waals surface area (Å²) in [6, 6.07) is 4.46. The van der Waals surface area contributed by atoms with Crippen molar-refractivity contribution in [2.45, 2.75) is 51.2 Å². The molecule has 4 rings (SSSR count). The maximum Gasteiger partial charge on any atom is 0.261 e. The number of aromatic nitrogens is 2. The summed E-state index contributed by atoms with van der Waals surface area (Å²) in [6.45, 7) is 2.10. The zero-order valence-corrected chi connectivity index (χ0v) is 13.6. The van der Waals surface area contributed by atoms with E-state index < -0.39 is 5.82 Å². The number of benzene rings is 1. The van der Waals surface area contributed by atoms with Crippen molar-refractivity contribution in [3.8, 4) is 0 Å². The molecule has 5 nitrogen and oxygen atoms in total. The Hall–Kier alpha value is -2.24. The third kappa shape index (κ3) is 2.81. The molecular formula is C18H20FN3O2. The number of carbonyl (C=O) groups is 1. The van der Waals surface area contributed by atoms with Gasteiger partial charge in [-0.2, -0.15) is 0 Å². The van der Waals surface area contributed by atoms with Crippen LogP contribution in [0.1, 0.15) is 32.6 Å². The van der Waals surface area contributed by atoms with Crippen molar-refractivity contribution in [2.24, 2.45) is 5.92 Å². The van der Waals surface area contributed by atoms with Gasteiger partial charge in [-0.25, -0.2) is 9.37 Å². The van der Waals surface area contributed by atoms with Gasteiger partial charge in [0.15, 0.2) is 0 Å². The van der Waals surface area contributed by atoms with E-state index >= 15 is 0 Å². The van der Waals surface area contributed by atoms with Crippen LogP contribution in [-0.2, 0) is 11.3 Å². The van der Waals surface area contributed by atoms with E-state index in [1.54, 1.807) is 0 Å². The van der Waals surface area contributed by atoms with E-state index in [1.165, 1.54) is 41.9 Å². The van der Waals surface area contributed by atoms with E-state index in [0.29, 0.717) is 22.9 Å². The van der Waals surface area contributed by atoms with Gasteiger partial charge in [0.25, 0.3) is 5.56 Å². The smallest absolute Gasteiger partial charge is 0.261 e. The first-order chi connectivity index (χ1) is 11.5. The van der Waals surface area contributed by atoms with Crippen molar-refractivity contribution in [3.63, 3.8) is 0 Å². The molecule has 2 aromatic rings. The fourth-order valence-corrected chi connectivity index (χ4v) is 3.39. The summed E-state index contributed by atoms with van der Waals surface area (Å²) in [6.07, 6.45) is 5.80. The Bertz CT molecular complexity index is 855. The van der Waals surface area contributed by atoms with Crippen molar-refractivity contribution in [1.29, 1.82) is 0 Å². The molecule has 126 valence electrons. The number of hydrogen-bond acceptors (Lipinski definition) is 3. The monoisotopic (exact) mass is 329 g/mol. The minimum Gasteiger partial charge on any atom is -0.335 e. The van der Waals surface area contributed by atoms with Gasteiger partial charge in [-0.15, -0.1) is 0 Å². The molecule has 2 aliphatic rings. The van der Waals surface area contributed by atoms with Crippen molar-refractivity contribution < 1.29 is 9.18 Å². The molecule has 1 amide bonds. The Morgan fingerprint density at radius 3 is 2.79 bits per heavy atom. The largest absolute Gasteiger partial charge is 0.335 e. The highest BCUT2D eigenvalue weighted by Crippen LogP contribution is 2.39. The van der Waals surface area contributed by atoms with Crippen LogP contribution in [0.4, 0.5) is 4.39 Å². The molecule has 0 N–H and O–H groups in total. The molecule has 1 heterocycles. The molecule has 1 atom stereocenters. The molecule has 24 heavy (non-hydrogen) atoms. The Labute approximate surface area is 139 Å². The quantitative estimate of drug-likeness (QED) is 0.846. The van der Waals surface area contributed by atoms with Crippen LogP contribution in [0.5, 0.6) is 0 Å². The third-order valence-corrected chi connectivity index (χ3v) is 5.06. The summed E-state index contributed by atoms with van der Waals surface area (Å²) in [4.78, 5) is 31.4. The zero-order valence-electron chi connectivity index (χ0n) is 13.6. The number of amides is 1. The molecule has 2 saturated carbocycles. The van der Waals surface area contributed by atoms with Gasteiger partial charge in [-0.05, 0) is 50.7 Å². The highest BCUT2D eigenvalue weighted by atomic mass is 19.1. The normalized spacial score (nSPS) is 18.6. The van der Waals surface area contributed by atoms with Crippen molar-refractivity contribution >= 4 is 16.8 Å². The summed E-state index contributed by atoms with van der Waals surface area (Å²) in [5.74, 6) is 0.146. The van der Waals surface area contributed by atoms with Gasteiger partial charge in [-0.3, -0.25) is 14.2 Å². The van der Waals surface area contributed by atoms with Gasteiger partial charge in [0, 0.05) is 18.2 Å². The van der Waals surface area contributed by atoms with Gasteiger partial charge < -0.3 is 4.90 Å². The van der Waals surface area contributed by atoms with Gasteiger partial charge in [0.2, 0.25) is 5.91 Å². The average Bonchev–Trinajstić information content (AvgIpc) is 3.43. The molecule has 0 aliphatic heterocycles. The van der Waals surface area contributed by atoms with Crippen LogP contribution in [0, 0.1) is 11.7 Å². The summed E-state index contributed by atoms with van der Waals surface area (Å²) in [5.41, 5.74) is 0.0114. The van der Waals surface area contributed by atoms with Crippen molar-refractivity contribution in [3.05, 3.63) is 40.7 Å². The van der Waals surface area contributed by atoms with Crippen molar-refractivity contribution in [1.82, 2.24) is 14.5 Å².